The van der Waals surface area contributed by atoms with E-state index in [1.54, 1.807) is 72.8 Å². The number of amides is 3. The van der Waals surface area contributed by atoms with E-state index in [1.807, 2.05) is 12.1 Å². The number of ether oxygens (including phenoxy) is 1. The molecule has 0 saturated carbocycles. The summed E-state index contributed by atoms with van der Waals surface area (Å²) >= 11 is 5.40. The Morgan fingerprint density at radius 1 is 0.750 bits per heavy atom. The molecule has 0 saturated heterocycles. The highest BCUT2D eigenvalue weighted by Crippen LogP contribution is 2.20. The number of nitrogens with one attached hydrogen (secondary N) is 3. The molecule has 4 aromatic carbocycles. The van der Waals surface area contributed by atoms with Crippen LogP contribution < -0.4 is 20.8 Å². The molecule has 0 aliphatic carbocycles. The Hall–Kier alpha value is -4.36. The summed E-state index contributed by atoms with van der Waals surface area (Å²) in [6.07, 6.45) is 1.33. The van der Waals surface area contributed by atoms with Crippen molar-refractivity contribution in [3.8, 4) is 5.75 Å². The first-order valence-corrected chi connectivity index (χ1v) is 13.5. The Balaban J connectivity index is 1.31. The van der Waals surface area contributed by atoms with Gasteiger partial charge >= 0.3 is 17.8 Å². The lowest BCUT2D eigenvalue weighted by Crippen LogP contribution is -2.33. The number of nitrogens with zero attached hydrogens (tertiary/aromatic N) is 1. The highest BCUT2D eigenvalue weighted by Gasteiger charge is 2.18. The van der Waals surface area contributed by atoms with Gasteiger partial charge in [0.2, 0.25) is 0 Å². The van der Waals surface area contributed by atoms with Gasteiger partial charge in [-0.3, -0.25) is 14.4 Å². The molecular weight excluding hydrogens is 691 g/mol. The van der Waals surface area contributed by atoms with Crippen molar-refractivity contribution in [2.75, 3.05) is 10.6 Å². The second-order valence-corrected chi connectivity index (χ2v) is 10.2. The smallest absolute Gasteiger partial charge is 0.344 e. The maximum atomic E-state index is 12.7. The van der Waals surface area contributed by atoms with Crippen molar-refractivity contribution in [2.45, 2.75) is 0 Å². The molecule has 40 heavy (non-hydrogen) atoms. The number of carbonyl (C=O) groups is 4. The molecule has 0 unspecified atom stereocenters. The molecule has 0 atom stereocenters. The number of rotatable bonds is 7. The largest absolute Gasteiger partial charge is 0.423 e. The minimum absolute atomic E-state index is 0.163. The minimum Gasteiger partial charge on any atom is -0.423 e. The van der Waals surface area contributed by atoms with Crippen LogP contribution in [0.5, 0.6) is 5.75 Å². The van der Waals surface area contributed by atoms with Crippen LogP contribution in [0.3, 0.4) is 0 Å². The van der Waals surface area contributed by atoms with Gasteiger partial charge in [-0.2, -0.15) is 5.10 Å². The molecule has 0 heterocycles. The van der Waals surface area contributed by atoms with Gasteiger partial charge in [-0.25, -0.2) is 10.2 Å². The van der Waals surface area contributed by atoms with Crippen LogP contribution in [0.2, 0.25) is 0 Å². The number of hydrogen-bond acceptors (Lipinski definition) is 6. The molecule has 0 bridgehead atoms. The zero-order chi connectivity index (χ0) is 28.5. The summed E-state index contributed by atoms with van der Waals surface area (Å²) in [5.74, 6) is -2.62. The van der Waals surface area contributed by atoms with E-state index in [0.29, 0.717) is 22.6 Å². The van der Waals surface area contributed by atoms with Gasteiger partial charge < -0.3 is 15.4 Å². The number of esters is 1. The lowest BCUT2D eigenvalue weighted by molar-refractivity contribution is -0.136. The van der Waals surface area contributed by atoms with Gasteiger partial charge in [0.05, 0.1) is 23.0 Å². The number of hydrazone groups is 1. The van der Waals surface area contributed by atoms with Crippen LogP contribution in [0, 0.1) is 3.57 Å². The Morgan fingerprint density at radius 2 is 1.40 bits per heavy atom. The molecule has 3 N–H and O–H groups in total. The van der Waals surface area contributed by atoms with Crippen molar-refractivity contribution in [3.05, 3.63) is 122 Å². The quantitative estimate of drug-likeness (QED) is 0.0574. The van der Waals surface area contributed by atoms with Crippen LogP contribution in [0.4, 0.5) is 11.4 Å². The molecule has 200 valence electrons. The van der Waals surface area contributed by atoms with E-state index in [4.69, 9.17) is 4.74 Å². The maximum Gasteiger partial charge on any atom is 0.344 e. The van der Waals surface area contributed by atoms with Gasteiger partial charge in [-0.1, -0.05) is 40.2 Å². The van der Waals surface area contributed by atoms with Crippen LogP contribution in [-0.2, 0) is 9.59 Å². The van der Waals surface area contributed by atoms with E-state index in [0.717, 1.165) is 8.04 Å². The number of para-hydroxylation sites is 1. The van der Waals surface area contributed by atoms with Crippen molar-refractivity contribution in [2.24, 2.45) is 5.10 Å². The average Bonchev–Trinajstić information content (AvgIpc) is 2.95. The molecule has 4 rings (SSSR count). The maximum absolute atomic E-state index is 12.7. The number of benzene rings is 4. The molecule has 3 amide bonds. The van der Waals surface area contributed by atoms with E-state index < -0.39 is 23.7 Å². The number of carbonyl (C=O) groups excluding carboxylic acids is 4. The van der Waals surface area contributed by atoms with Gasteiger partial charge in [-0.15, -0.1) is 0 Å². The molecule has 0 radical (unpaired) electrons. The monoisotopic (exact) mass is 710 g/mol. The van der Waals surface area contributed by atoms with Crippen molar-refractivity contribution in [3.63, 3.8) is 0 Å². The van der Waals surface area contributed by atoms with E-state index in [-0.39, 0.29) is 11.3 Å². The highest BCUT2D eigenvalue weighted by atomic mass is 127. The third-order valence-corrected chi connectivity index (χ3v) is 6.76. The number of hydrogen-bond donors (Lipinski definition) is 3. The molecule has 0 aliphatic rings. The van der Waals surface area contributed by atoms with Gasteiger partial charge in [0, 0.05) is 13.7 Å². The minimum atomic E-state index is -1.03. The molecule has 0 fully saturated rings. The first kappa shape index (κ1) is 28.6. The third-order valence-electron chi connectivity index (χ3n) is 5.29. The van der Waals surface area contributed by atoms with Crippen LogP contribution >= 0.6 is 38.5 Å². The summed E-state index contributed by atoms with van der Waals surface area (Å²) in [6.45, 7) is 0. The van der Waals surface area contributed by atoms with Crippen LogP contribution in [-0.4, -0.2) is 29.9 Å². The lowest BCUT2D eigenvalue weighted by Gasteiger charge is -2.11. The van der Waals surface area contributed by atoms with E-state index in [2.05, 4.69) is 59.7 Å². The molecule has 4 aromatic rings. The Labute approximate surface area is 251 Å². The zero-order valence-electron chi connectivity index (χ0n) is 20.6. The van der Waals surface area contributed by atoms with E-state index in [9.17, 15) is 19.2 Å². The summed E-state index contributed by atoms with van der Waals surface area (Å²) in [5.41, 5.74) is 4.11. The fourth-order valence-corrected chi connectivity index (χ4v) is 4.20. The van der Waals surface area contributed by atoms with Gasteiger partial charge in [-0.05, 0) is 101 Å². The summed E-state index contributed by atoms with van der Waals surface area (Å²) in [4.78, 5) is 49.8. The molecule has 9 nitrogen and oxygen atoms in total. The van der Waals surface area contributed by atoms with Crippen molar-refractivity contribution >= 4 is 79.8 Å². The predicted octanol–water partition coefficient (Wildman–Crippen LogP) is 5.61. The first-order chi connectivity index (χ1) is 19.3. The summed E-state index contributed by atoms with van der Waals surface area (Å²) in [7, 11) is 0. The number of anilines is 2. The SMILES string of the molecule is O=C(N/N=C\c1ccc(OC(=O)c2ccccc2I)cc1)C(=O)Nc1ccccc1C(=O)Nc1ccc(Br)cc1. The Morgan fingerprint density at radius 3 is 2.10 bits per heavy atom. The van der Waals surface area contributed by atoms with E-state index >= 15 is 0 Å². The number of halogens is 2. The van der Waals surface area contributed by atoms with Crippen molar-refractivity contribution in [1.29, 1.82) is 0 Å². The third kappa shape index (κ3) is 7.83. The fourth-order valence-electron chi connectivity index (χ4n) is 3.33. The summed E-state index contributed by atoms with van der Waals surface area (Å²) < 4.78 is 7.03. The second kappa shape index (κ2) is 13.6. The van der Waals surface area contributed by atoms with Crippen molar-refractivity contribution in [1.82, 2.24) is 5.43 Å². The second-order valence-electron chi connectivity index (χ2n) is 8.10. The first-order valence-electron chi connectivity index (χ1n) is 11.7. The van der Waals surface area contributed by atoms with Gasteiger partial charge in [0.25, 0.3) is 5.91 Å². The molecule has 0 aromatic heterocycles. The van der Waals surface area contributed by atoms with Crippen LogP contribution in [0.1, 0.15) is 26.3 Å². The highest BCUT2D eigenvalue weighted by molar-refractivity contribution is 14.1. The van der Waals surface area contributed by atoms with Crippen LogP contribution in [0.25, 0.3) is 0 Å². The molecular formula is C29H20BrIN4O5. The van der Waals surface area contributed by atoms with Crippen LogP contribution in [0.15, 0.2) is 107 Å². The molecule has 11 heteroatoms. The van der Waals surface area contributed by atoms with Crippen molar-refractivity contribution < 1.29 is 23.9 Å². The normalized spacial score (nSPS) is 10.6. The van der Waals surface area contributed by atoms with E-state index in [1.165, 1.54) is 18.3 Å². The lowest BCUT2D eigenvalue weighted by atomic mass is 10.1. The molecule has 0 spiro atoms. The zero-order valence-corrected chi connectivity index (χ0v) is 24.3. The fraction of sp³-hybridized carbons (Fsp3) is 0. The predicted molar refractivity (Wildman–Crippen MR) is 163 cm³/mol. The topological polar surface area (TPSA) is 126 Å². The standard InChI is InChI=1S/C29H20BrIN4O5/c30-19-11-13-20(14-12-19)33-26(36)23-6-2-4-8-25(23)34-27(37)28(38)35-32-17-18-9-15-21(16-10-18)40-29(39)22-5-1-3-7-24(22)31/h1-17H,(H,33,36)(H,34,37)(H,35,38)/b32-17-. The Bertz CT molecular complexity index is 1590. The Kier molecular flexibility index (Phi) is 9.76. The average molecular weight is 711 g/mol. The van der Waals surface area contributed by atoms with Gasteiger partial charge in [0.15, 0.2) is 0 Å². The van der Waals surface area contributed by atoms with Gasteiger partial charge in [0.1, 0.15) is 5.75 Å². The summed E-state index contributed by atoms with van der Waals surface area (Å²) in [5, 5.41) is 8.98. The molecule has 0 aliphatic heterocycles. The summed E-state index contributed by atoms with van der Waals surface area (Å²) in [6, 6.07) is 26.8.